The van der Waals surface area contributed by atoms with Gasteiger partial charge in [-0.05, 0) is 96.3 Å². The van der Waals surface area contributed by atoms with Gasteiger partial charge in [0.05, 0.1) is 6.42 Å². The van der Waals surface area contributed by atoms with Crippen molar-refractivity contribution in [1.82, 2.24) is 0 Å². The van der Waals surface area contributed by atoms with E-state index >= 15 is 0 Å². The fourth-order valence-corrected chi connectivity index (χ4v) is 9.98. The van der Waals surface area contributed by atoms with E-state index in [1.807, 2.05) is 6.08 Å². The summed E-state index contributed by atoms with van der Waals surface area (Å²) in [5.41, 5.74) is 0. The van der Waals surface area contributed by atoms with Crippen LogP contribution in [0.5, 0.6) is 0 Å². The Balaban J connectivity index is 4.24. The predicted octanol–water partition coefficient (Wildman–Crippen LogP) is 23.8. The molecule has 0 N–H and O–H groups in total. The van der Waals surface area contributed by atoms with E-state index in [9.17, 15) is 14.4 Å². The molecule has 0 aliphatic heterocycles. The summed E-state index contributed by atoms with van der Waals surface area (Å²) in [5.74, 6) is -1.04. The molecule has 0 fully saturated rings. The van der Waals surface area contributed by atoms with Crippen LogP contribution < -0.4 is 0 Å². The van der Waals surface area contributed by atoms with Crippen LogP contribution in [0.3, 0.4) is 0 Å². The minimum atomic E-state index is -0.821. The fraction of sp³-hybridized carbons (Fsp3) is 0.770. The van der Waals surface area contributed by atoms with E-state index in [2.05, 4.69) is 93.7 Å². The van der Waals surface area contributed by atoms with E-state index in [4.69, 9.17) is 14.2 Å². The minimum Gasteiger partial charge on any atom is -0.462 e. The van der Waals surface area contributed by atoms with Gasteiger partial charge in [0, 0.05) is 12.8 Å². The van der Waals surface area contributed by atoms with Crippen LogP contribution in [0.2, 0.25) is 0 Å². The highest BCUT2D eigenvalue weighted by molar-refractivity contribution is 5.72. The molecule has 0 saturated carbocycles. The number of ether oxygens (including phenoxy) is 3. The average molecular weight is 1120 g/mol. The molecule has 0 aliphatic rings. The molecule has 0 radical (unpaired) electrons. The molecule has 0 saturated heterocycles. The lowest BCUT2D eigenvalue weighted by Crippen LogP contribution is -2.30. The maximum Gasteiger partial charge on any atom is 0.309 e. The molecule has 0 aromatic carbocycles. The Labute approximate surface area is 496 Å². The third-order valence-corrected chi connectivity index (χ3v) is 15.1. The second-order valence-corrected chi connectivity index (χ2v) is 23.1. The van der Waals surface area contributed by atoms with Crippen LogP contribution in [0.1, 0.15) is 348 Å². The third kappa shape index (κ3) is 65.4. The smallest absolute Gasteiger partial charge is 0.309 e. The monoisotopic (exact) mass is 1110 g/mol. The van der Waals surface area contributed by atoms with Crippen molar-refractivity contribution in [2.24, 2.45) is 0 Å². The highest BCUT2D eigenvalue weighted by Crippen LogP contribution is 2.17. The van der Waals surface area contributed by atoms with Crippen LogP contribution in [0, 0.1) is 0 Å². The van der Waals surface area contributed by atoms with Crippen molar-refractivity contribution in [3.63, 3.8) is 0 Å². The summed E-state index contributed by atoms with van der Waals surface area (Å²) in [6.45, 7) is 6.47. The number of carbonyl (C=O) groups excluding carboxylic acids is 3. The maximum atomic E-state index is 12.9. The van der Waals surface area contributed by atoms with Gasteiger partial charge >= 0.3 is 17.9 Å². The number of unbranched alkanes of at least 4 members (excludes halogenated alkanes) is 39. The van der Waals surface area contributed by atoms with Crippen molar-refractivity contribution in [3.8, 4) is 0 Å². The van der Waals surface area contributed by atoms with Crippen LogP contribution >= 0.6 is 0 Å². The van der Waals surface area contributed by atoms with Crippen molar-refractivity contribution in [2.75, 3.05) is 13.2 Å². The van der Waals surface area contributed by atoms with Gasteiger partial charge in [-0.2, -0.15) is 0 Å². The van der Waals surface area contributed by atoms with Crippen LogP contribution in [-0.2, 0) is 28.6 Å². The second-order valence-electron chi connectivity index (χ2n) is 23.1. The van der Waals surface area contributed by atoms with Gasteiger partial charge < -0.3 is 14.2 Å². The second kappa shape index (κ2) is 68.1. The summed E-state index contributed by atoms with van der Waals surface area (Å²) in [6.07, 6.45) is 90.8. The van der Waals surface area contributed by atoms with E-state index in [0.29, 0.717) is 12.8 Å². The van der Waals surface area contributed by atoms with Gasteiger partial charge in [0.15, 0.2) is 6.10 Å². The number of hydrogen-bond donors (Lipinski definition) is 0. The molecule has 0 aromatic rings. The van der Waals surface area contributed by atoms with Crippen molar-refractivity contribution < 1.29 is 28.6 Å². The Morgan fingerprint density at radius 1 is 0.275 bits per heavy atom. The molecule has 0 aliphatic carbocycles. The standard InChI is InChI=1S/C74H130O6/c1-4-7-10-13-16-19-22-25-28-30-31-32-33-34-35-36-37-38-39-40-41-42-43-44-47-49-52-55-58-61-64-67-73(76)79-70-71(69-78-72(75)66-63-60-57-54-51-48-45-27-24-21-18-15-12-9-6-3)80-74(77)68-65-62-59-56-53-50-46-29-26-23-20-17-14-11-8-5-2/h9,12,18,21,27,29-31,45-46,51,54,60,63,71H,4-8,10-11,13-17,19-20,22-26,28,32-44,47-50,52-53,55-59,61-62,64-70H2,1-3H3/b12-9-,21-18-,31-30-,45-27-,46-29-,54-51-,63-60-. The van der Waals surface area contributed by atoms with Crippen molar-refractivity contribution in [2.45, 2.75) is 354 Å². The molecule has 462 valence electrons. The molecule has 0 aromatic heterocycles. The summed E-state index contributed by atoms with van der Waals surface area (Å²) < 4.78 is 16.8. The molecule has 6 nitrogen and oxygen atoms in total. The average Bonchev–Trinajstić information content (AvgIpc) is 3.46. The predicted molar refractivity (Wildman–Crippen MR) is 348 cm³/mol. The van der Waals surface area contributed by atoms with Crippen molar-refractivity contribution >= 4 is 17.9 Å². The number of hydrogen-bond acceptors (Lipinski definition) is 6. The number of esters is 3. The van der Waals surface area contributed by atoms with Crippen molar-refractivity contribution in [1.29, 1.82) is 0 Å². The molecule has 0 amide bonds. The zero-order valence-corrected chi connectivity index (χ0v) is 53.1. The number of carbonyl (C=O) groups is 3. The van der Waals surface area contributed by atoms with E-state index in [1.165, 1.54) is 225 Å². The molecular formula is C74H130O6. The Bertz CT molecular complexity index is 1520. The van der Waals surface area contributed by atoms with E-state index in [-0.39, 0.29) is 31.6 Å². The third-order valence-electron chi connectivity index (χ3n) is 15.1. The molecule has 0 heterocycles. The van der Waals surface area contributed by atoms with Crippen LogP contribution in [0.4, 0.5) is 0 Å². The zero-order valence-electron chi connectivity index (χ0n) is 53.1. The van der Waals surface area contributed by atoms with Gasteiger partial charge in [-0.1, -0.05) is 318 Å². The Kier molecular flexibility index (Phi) is 65.2. The summed E-state index contributed by atoms with van der Waals surface area (Å²) >= 11 is 0. The Morgan fingerprint density at radius 2 is 0.537 bits per heavy atom. The van der Waals surface area contributed by atoms with Gasteiger partial charge in [0.1, 0.15) is 13.2 Å². The fourth-order valence-electron chi connectivity index (χ4n) is 9.98. The SMILES string of the molecule is CC/C=C\C/C=C\C/C=C\C/C=C\C/C=C\CC(=O)OCC(COC(=O)CCCCCCCCCCCCCCCCCCCCC/C=C\CCCCCCCCCC)OC(=O)CCCCCCC/C=C\CCCCCCCCC. The van der Waals surface area contributed by atoms with Crippen LogP contribution in [0.15, 0.2) is 85.1 Å². The van der Waals surface area contributed by atoms with Gasteiger partial charge in [-0.25, -0.2) is 0 Å². The topological polar surface area (TPSA) is 78.9 Å². The summed E-state index contributed by atoms with van der Waals surface area (Å²) in [6, 6.07) is 0. The van der Waals surface area contributed by atoms with Gasteiger partial charge in [-0.3, -0.25) is 14.4 Å². The summed E-state index contributed by atoms with van der Waals surface area (Å²) in [7, 11) is 0. The van der Waals surface area contributed by atoms with Crippen molar-refractivity contribution in [3.05, 3.63) is 85.1 Å². The first-order valence-electron chi connectivity index (χ1n) is 34.6. The molecule has 1 atom stereocenters. The van der Waals surface area contributed by atoms with E-state index in [1.54, 1.807) is 6.08 Å². The Hall–Kier alpha value is -3.41. The molecule has 0 spiro atoms. The number of allylic oxidation sites excluding steroid dienone is 13. The van der Waals surface area contributed by atoms with Gasteiger partial charge in [0.2, 0.25) is 0 Å². The minimum absolute atomic E-state index is 0.107. The highest BCUT2D eigenvalue weighted by Gasteiger charge is 2.19. The summed E-state index contributed by atoms with van der Waals surface area (Å²) in [4.78, 5) is 38.3. The summed E-state index contributed by atoms with van der Waals surface area (Å²) in [5, 5.41) is 0. The van der Waals surface area contributed by atoms with Crippen LogP contribution in [-0.4, -0.2) is 37.2 Å². The highest BCUT2D eigenvalue weighted by atomic mass is 16.6. The largest absolute Gasteiger partial charge is 0.462 e. The molecule has 0 bridgehead atoms. The first-order chi connectivity index (χ1) is 39.5. The molecule has 6 heteroatoms. The first kappa shape index (κ1) is 76.6. The maximum absolute atomic E-state index is 12.9. The van der Waals surface area contributed by atoms with E-state index < -0.39 is 12.1 Å². The number of rotatable bonds is 63. The van der Waals surface area contributed by atoms with Gasteiger partial charge in [0.25, 0.3) is 0 Å². The zero-order chi connectivity index (χ0) is 57.8. The lowest BCUT2D eigenvalue weighted by atomic mass is 10.0. The van der Waals surface area contributed by atoms with Gasteiger partial charge in [-0.15, -0.1) is 0 Å². The molecule has 0 rings (SSSR count). The van der Waals surface area contributed by atoms with Crippen LogP contribution in [0.25, 0.3) is 0 Å². The molecule has 1 unspecified atom stereocenters. The molecular weight excluding hydrogens is 985 g/mol. The first-order valence-corrected chi connectivity index (χ1v) is 34.6. The Morgan fingerprint density at radius 3 is 0.863 bits per heavy atom. The quantitative estimate of drug-likeness (QED) is 0.0261. The molecule has 80 heavy (non-hydrogen) atoms. The van der Waals surface area contributed by atoms with E-state index in [0.717, 1.165) is 83.5 Å². The lowest BCUT2D eigenvalue weighted by Gasteiger charge is -2.18. The normalized spacial score (nSPS) is 12.6. The lowest BCUT2D eigenvalue weighted by molar-refractivity contribution is -0.166.